The third kappa shape index (κ3) is 3.24. The van der Waals surface area contributed by atoms with E-state index in [1.165, 1.54) is 31.2 Å². The minimum Gasteiger partial charge on any atom is -0.393 e. The number of aryl methyl sites for hydroxylation is 1. The van der Waals surface area contributed by atoms with E-state index in [1.807, 2.05) is 6.07 Å². The maximum Gasteiger partial charge on any atom is 0.0686 e. The molecular formula is C18H26O2. The van der Waals surface area contributed by atoms with Gasteiger partial charge in [0.05, 0.1) is 11.7 Å². The van der Waals surface area contributed by atoms with E-state index in [1.54, 1.807) is 0 Å². The van der Waals surface area contributed by atoms with Crippen molar-refractivity contribution in [1.82, 2.24) is 0 Å². The van der Waals surface area contributed by atoms with Crippen LogP contribution < -0.4 is 0 Å². The van der Waals surface area contributed by atoms with Gasteiger partial charge < -0.3 is 9.84 Å². The molecule has 20 heavy (non-hydrogen) atoms. The topological polar surface area (TPSA) is 29.5 Å². The van der Waals surface area contributed by atoms with E-state index in [0.29, 0.717) is 5.92 Å². The highest BCUT2D eigenvalue weighted by Gasteiger charge is 2.41. The Morgan fingerprint density at radius 1 is 1.20 bits per heavy atom. The minimum absolute atomic E-state index is 0.122. The third-order valence-electron chi connectivity index (χ3n) is 5.16. The first-order valence-corrected chi connectivity index (χ1v) is 8.13. The van der Waals surface area contributed by atoms with Crippen LogP contribution in [0.3, 0.4) is 0 Å². The molecule has 2 nitrogen and oxygen atoms in total. The van der Waals surface area contributed by atoms with Gasteiger partial charge in [-0.25, -0.2) is 0 Å². The molecule has 0 radical (unpaired) electrons. The Balaban J connectivity index is 1.53. The molecule has 0 bridgehead atoms. The average molecular weight is 274 g/mol. The minimum atomic E-state index is -0.170. The molecule has 1 saturated heterocycles. The van der Waals surface area contributed by atoms with Crippen LogP contribution in [0.5, 0.6) is 0 Å². The van der Waals surface area contributed by atoms with E-state index in [9.17, 15) is 5.11 Å². The molecule has 0 aromatic heterocycles. The lowest BCUT2D eigenvalue weighted by Gasteiger charge is -2.40. The van der Waals surface area contributed by atoms with Crippen LogP contribution in [0.1, 0.15) is 50.5 Å². The van der Waals surface area contributed by atoms with E-state index in [-0.39, 0.29) is 11.7 Å². The first-order valence-electron chi connectivity index (χ1n) is 8.13. The number of hydrogen-bond donors (Lipinski definition) is 1. The molecule has 1 N–H and O–H groups in total. The number of aliphatic hydroxyl groups is 1. The third-order valence-corrected chi connectivity index (χ3v) is 5.16. The van der Waals surface area contributed by atoms with Crippen molar-refractivity contribution in [3.05, 3.63) is 35.9 Å². The highest BCUT2D eigenvalue weighted by Crippen LogP contribution is 2.43. The molecule has 1 aromatic rings. The standard InChI is InChI=1S/C18H26O2/c19-17(9-8-15-6-2-1-3-7-15)16-10-13-20-18(14-16)11-4-5-12-18/h1-3,6-7,16-17,19H,4-5,8-14H2. The molecule has 1 aliphatic carbocycles. The zero-order valence-electron chi connectivity index (χ0n) is 12.3. The van der Waals surface area contributed by atoms with Crippen LogP contribution in [0.25, 0.3) is 0 Å². The fourth-order valence-electron chi connectivity index (χ4n) is 3.96. The van der Waals surface area contributed by atoms with Crippen molar-refractivity contribution in [2.45, 2.75) is 63.1 Å². The molecule has 1 spiro atoms. The molecule has 1 aliphatic heterocycles. The van der Waals surface area contributed by atoms with E-state index in [0.717, 1.165) is 32.3 Å². The van der Waals surface area contributed by atoms with Gasteiger partial charge in [0.2, 0.25) is 0 Å². The van der Waals surface area contributed by atoms with Crippen molar-refractivity contribution in [3.8, 4) is 0 Å². The molecular weight excluding hydrogens is 248 g/mol. The maximum atomic E-state index is 10.5. The van der Waals surface area contributed by atoms with Gasteiger partial charge in [-0.2, -0.15) is 0 Å². The van der Waals surface area contributed by atoms with E-state index in [4.69, 9.17) is 4.74 Å². The summed E-state index contributed by atoms with van der Waals surface area (Å²) in [5.74, 6) is 0.436. The van der Waals surface area contributed by atoms with Crippen molar-refractivity contribution in [3.63, 3.8) is 0 Å². The van der Waals surface area contributed by atoms with Gasteiger partial charge in [0.25, 0.3) is 0 Å². The Labute approximate surface area is 122 Å². The van der Waals surface area contributed by atoms with E-state index >= 15 is 0 Å². The summed E-state index contributed by atoms with van der Waals surface area (Å²) in [6.07, 6.45) is 8.79. The average Bonchev–Trinajstić information content (AvgIpc) is 2.93. The molecule has 2 aliphatic rings. The lowest BCUT2D eigenvalue weighted by molar-refractivity contribution is -0.113. The Morgan fingerprint density at radius 3 is 2.70 bits per heavy atom. The molecule has 1 saturated carbocycles. The van der Waals surface area contributed by atoms with Crippen LogP contribution >= 0.6 is 0 Å². The van der Waals surface area contributed by atoms with Crippen LogP contribution in [0.4, 0.5) is 0 Å². The van der Waals surface area contributed by atoms with Crippen molar-refractivity contribution in [1.29, 1.82) is 0 Å². The van der Waals surface area contributed by atoms with Gasteiger partial charge in [0.15, 0.2) is 0 Å². The van der Waals surface area contributed by atoms with Crippen LogP contribution in [-0.4, -0.2) is 23.4 Å². The Morgan fingerprint density at radius 2 is 1.95 bits per heavy atom. The summed E-state index contributed by atoms with van der Waals surface area (Å²) in [5, 5.41) is 10.5. The second kappa shape index (κ2) is 6.28. The summed E-state index contributed by atoms with van der Waals surface area (Å²) in [4.78, 5) is 0. The largest absolute Gasteiger partial charge is 0.393 e. The van der Waals surface area contributed by atoms with E-state index in [2.05, 4.69) is 24.3 Å². The molecule has 2 fully saturated rings. The Bertz CT molecular complexity index is 409. The van der Waals surface area contributed by atoms with Gasteiger partial charge in [-0.3, -0.25) is 0 Å². The van der Waals surface area contributed by atoms with Gasteiger partial charge in [-0.15, -0.1) is 0 Å². The molecule has 0 amide bonds. The lowest BCUT2D eigenvalue weighted by atomic mass is 9.80. The molecule has 3 rings (SSSR count). The quantitative estimate of drug-likeness (QED) is 0.906. The number of hydrogen-bond acceptors (Lipinski definition) is 2. The lowest BCUT2D eigenvalue weighted by Crippen LogP contribution is -2.41. The van der Waals surface area contributed by atoms with Crippen LogP contribution in [0, 0.1) is 5.92 Å². The fourth-order valence-corrected chi connectivity index (χ4v) is 3.96. The first-order chi connectivity index (χ1) is 9.77. The van der Waals surface area contributed by atoms with Gasteiger partial charge >= 0.3 is 0 Å². The normalized spacial score (nSPS) is 26.8. The fraction of sp³-hybridized carbons (Fsp3) is 0.667. The van der Waals surface area contributed by atoms with Crippen LogP contribution in [0.15, 0.2) is 30.3 Å². The molecule has 2 heteroatoms. The number of rotatable bonds is 4. The van der Waals surface area contributed by atoms with Gasteiger partial charge in [0, 0.05) is 6.61 Å². The predicted octanol–water partition coefficient (Wildman–Crippen LogP) is 3.72. The highest BCUT2D eigenvalue weighted by atomic mass is 16.5. The second-order valence-electron chi connectivity index (χ2n) is 6.58. The summed E-state index contributed by atoms with van der Waals surface area (Å²) in [5.41, 5.74) is 1.45. The van der Waals surface area contributed by atoms with Crippen molar-refractivity contribution >= 4 is 0 Å². The summed E-state index contributed by atoms with van der Waals surface area (Å²) in [6, 6.07) is 10.5. The van der Waals surface area contributed by atoms with Crippen molar-refractivity contribution in [2.75, 3.05) is 6.61 Å². The highest BCUT2D eigenvalue weighted by molar-refractivity contribution is 5.14. The summed E-state index contributed by atoms with van der Waals surface area (Å²) < 4.78 is 6.06. The van der Waals surface area contributed by atoms with E-state index < -0.39 is 0 Å². The zero-order chi connectivity index (χ0) is 13.8. The van der Waals surface area contributed by atoms with Gasteiger partial charge in [0.1, 0.15) is 0 Å². The number of benzene rings is 1. The summed E-state index contributed by atoms with van der Waals surface area (Å²) in [7, 11) is 0. The Kier molecular flexibility index (Phi) is 4.42. The Hall–Kier alpha value is -0.860. The molecule has 2 atom stereocenters. The molecule has 1 heterocycles. The molecule has 1 aromatic carbocycles. The second-order valence-corrected chi connectivity index (χ2v) is 6.58. The van der Waals surface area contributed by atoms with Crippen LogP contribution in [-0.2, 0) is 11.2 Å². The number of ether oxygens (including phenoxy) is 1. The van der Waals surface area contributed by atoms with Crippen molar-refractivity contribution in [2.24, 2.45) is 5.92 Å². The molecule has 110 valence electrons. The smallest absolute Gasteiger partial charge is 0.0686 e. The number of aliphatic hydroxyl groups excluding tert-OH is 1. The monoisotopic (exact) mass is 274 g/mol. The van der Waals surface area contributed by atoms with Gasteiger partial charge in [-0.1, -0.05) is 43.2 Å². The summed E-state index contributed by atoms with van der Waals surface area (Å²) >= 11 is 0. The SMILES string of the molecule is OC(CCc1ccccc1)C1CCOC2(CCCC2)C1. The van der Waals surface area contributed by atoms with Crippen molar-refractivity contribution < 1.29 is 9.84 Å². The molecule has 2 unspecified atom stereocenters. The van der Waals surface area contributed by atoms with Crippen LogP contribution in [0.2, 0.25) is 0 Å². The maximum absolute atomic E-state index is 10.5. The summed E-state index contributed by atoms with van der Waals surface area (Å²) in [6.45, 7) is 0.840. The predicted molar refractivity (Wildman–Crippen MR) is 80.6 cm³/mol. The van der Waals surface area contributed by atoms with Gasteiger partial charge in [-0.05, 0) is 50.0 Å². The zero-order valence-corrected chi connectivity index (χ0v) is 12.3. The first kappa shape index (κ1) is 14.1.